The molecule has 0 aliphatic carbocycles. The quantitative estimate of drug-likeness (QED) is 0.306. The zero-order valence-electron chi connectivity index (χ0n) is 17.1. The average Bonchev–Trinajstić information content (AvgIpc) is 3.22. The van der Waals surface area contributed by atoms with E-state index in [4.69, 9.17) is 44.3 Å². The Bertz CT molecular complexity index is 952. The monoisotopic (exact) mass is 503 g/mol. The van der Waals surface area contributed by atoms with Crippen molar-refractivity contribution in [1.82, 2.24) is 14.9 Å². The SMILES string of the molecule is CCOc1cc(CNCCCn2ccnc2)cc(Cl)c1OCc1ccc(Cl)cc1Cl.Cl. The minimum atomic E-state index is 0. The summed E-state index contributed by atoms with van der Waals surface area (Å²) in [5.74, 6) is 1.12. The molecule has 0 aliphatic heterocycles. The summed E-state index contributed by atoms with van der Waals surface area (Å²) < 4.78 is 13.8. The third kappa shape index (κ3) is 7.78. The minimum absolute atomic E-state index is 0. The van der Waals surface area contributed by atoms with Crippen molar-refractivity contribution in [1.29, 1.82) is 0 Å². The summed E-state index contributed by atoms with van der Waals surface area (Å²) in [6.07, 6.45) is 6.58. The van der Waals surface area contributed by atoms with Gasteiger partial charge in [0.2, 0.25) is 0 Å². The van der Waals surface area contributed by atoms with Gasteiger partial charge in [0.05, 0.1) is 18.0 Å². The van der Waals surface area contributed by atoms with Gasteiger partial charge >= 0.3 is 0 Å². The molecule has 0 unspecified atom stereocenters. The molecule has 3 rings (SSSR count). The summed E-state index contributed by atoms with van der Waals surface area (Å²) in [6, 6.07) is 9.15. The summed E-state index contributed by atoms with van der Waals surface area (Å²) >= 11 is 18.7. The van der Waals surface area contributed by atoms with Crippen LogP contribution in [0.15, 0.2) is 49.1 Å². The van der Waals surface area contributed by atoms with E-state index in [0.29, 0.717) is 39.7 Å². The molecule has 0 radical (unpaired) electrons. The molecule has 0 bridgehead atoms. The van der Waals surface area contributed by atoms with E-state index >= 15 is 0 Å². The second-order valence-corrected chi connectivity index (χ2v) is 7.94. The first-order valence-corrected chi connectivity index (χ1v) is 10.9. The van der Waals surface area contributed by atoms with Crippen LogP contribution >= 0.6 is 47.2 Å². The van der Waals surface area contributed by atoms with Gasteiger partial charge in [0.15, 0.2) is 11.5 Å². The van der Waals surface area contributed by atoms with Gasteiger partial charge in [0.25, 0.3) is 0 Å². The van der Waals surface area contributed by atoms with Crippen LogP contribution in [-0.4, -0.2) is 22.7 Å². The van der Waals surface area contributed by atoms with Crippen molar-refractivity contribution in [2.45, 2.75) is 33.0 Å². The Balaban J connectivity index is 0.00000341. The van der Waals surface area contributed by atoms with Crippen molar-refractivity contribution in [3.05, 3.63) is 75.2 Å². The van der Waals surface area contributed by atoms with Crippen LogP contribution in [-0.2, 0) is 19.7 Å². The molecule has 2 aromatic carbocycles. The zero-order chi connectivity index (χ0) is 21.3. The van der Waals surface area contributed by atoms with Crippen LogP contribution in [0.1, 0.15) is 24.5 Å². The maximum Gasteiger partial charge on any atom is 0.180 e. The minimum Gasteiger partial charge on any atom is -0.490 e. The van der Waals surface area contributed by atoms with Crippen molar-refractivity contribution >= 4 is 47.2 Å². The molecule has 1 aromatic heterocycles. The Labute approximate surface area is 204 Å². The second-order valence-electron chi connectivity index (χ2n) is 6.69. The average molecular weight is 505 g/mol. The molecule has 168 valence electrons. The number of benzene rings is 2. The number of nitrogens with one attached hydrogen (secondary N) is 1. The fourth-order valence-electron chi connectivity index (χ4n) is 2.95. The molecule has 0 aliphatic rings. The summed E-state index contributed by atoms with van der Waals surface area (Å²) in [6.45, 7) is 5.20. The number of imidazole rings is 1. The first-order valence-electron chi connectivity index (χ1n) is 9.75. The van der Waals surface area contributed by atoms with Crippen LogP contribution in [0, 0.1) is 0 Å². The Morgan fingerprint density at radius 3 is 2.61 bits per heavy atom. The number of hydrogen-bond donors (Lipinski definition) is 1. The highest BCUT2D eigenvalue weighted by Crippen LogP contribution is 2.37. The zero-order valence-corrected chi connectivity index (χ0v) is 20.2. The fraction of sp³-hybridized carbons (Fsp3) is 0.318. The Hall–Kier alpha value is -1.63. The van der Waals surface area contributed by atoms with Gasteiger partial charge < -0.3 is 19.4 Å². The molecule has 0 saturated carbocycles. The molecular formula is C22H25Cl4N3O2. The molecule has 0 fully saturated rings. The molecular weight excluding hydrogens is 480 g/mol. The Kier molecular flexibility index (Phi) is 10.8. The number of aryl methyl sites for hydroxylation is 1. The lowest BCUT2D eigenvalue weighted by Crippen LogP contribution is -2.16. The van der Waals surface area contributed by atoms with Crippen molar-refractivity contribution in [3.8, 4) is 11.5 Å². The second kappa shape index (κ2) is 13.0. The predicted octanol–water partition coefficient (Wildman–Crippen LogP) is 6.42. The summed E-state index contributed by atoms with van der Waals surface area (Å²) in [5, 5.41) is 5.06. The van der Waals surface area contributed by atoms with E-state index in [1.807, 2.05) is 37.6 Å². The van der Waals surface area contributed by atoms with E-state index in [9.17, 15) is 0 Å². The first-order chi connectivity index (χ1) is 14.6. The van der Waals surface area contributed by atoms with Gasteiger partial charge in [-0.15, -0.1) is 12.4 Å². The molecule has 31 heavy (non-hydrogen) atoms. The van der Waals surface area contributed by atoms with Crippen LogP contribution in [0.3, 0.4) is 0 Å². The number of rotatable bonds is 11. The van der Waals surface area contributed by atoms with E-state index in [-0.39, 0.29) is 19.0 Å². The predicted molar refractivity (Wildman–Crippen MR) is 129 cm³/mol. The van der Waals surface area contributed by atoms with Crippen molar-refractivity contribution in [2.75, 3.05) is 13.2 Å². The highest BCUT2D eigenvalue weighted by molar-refractivity contribution is 6.35. The lowest BCUT2D eigenvalue weighted by molar-refractivity contribution is 0.269. The van der Waals surface area contributed by atoms with Gasteiger partial charge in [-0.1, -0.05) is 40.9 Å². The number of nitrogens with zero attached hydrogens (tertiary/aromatic N) is 2. The van der Waals surface area contributed by atoms with Gasteiger partial charge in [-0.3, -0.25) is 0 Å². The number of aromatic nitrogens is 2. The van der Waals surface area contributed by atoms with Gasteiger partial charge in [-0.2, -0.15) is 0 Å². The Morgan fingerprint density at radius 1 is 1.06 bits per heavy atom. The third-order valence-electron chi connectivity index (χ3n) is 4.41. The van der Waals surface area contributed by atoms with Gasteiger partial charge in [-0.25, -0.2) is 4.98 Å². The van der Waals surface area contributed by atoms with Crippen LogP contribution in [0.5, 0.6) is 11.5 Å². The third-order valence-corrected chi connectivity index (χ3v) is 5.28. The van der Waals surface area contributed by atoms with Crippen LogP contribution in [0.2, 0.25) is 15.1 Å². The molecule has 0 spiro atoms. The van der Waals surface area contributed by atoms with E-state index in [0.717, 1.165) is 30.6 Å². The smallest absolute Gasteiger partial charge is 0.180 e. The lowest BCUT2D eigenvalue weighted by Gasteiger charge is -2.16. The summed E-state index contributed by atoms with van der Waals surface area (Å²) in [5.41, 5.74) is 1.85. The van der Waals surface area contributed by atoms with E-state index in [2.05, 4.69) is 14.9 Å². The molecule has 9 heteroatoms. The number of ether oxygens (including phenoxy) is 2. The number of halogens is 4. The molecule has 0 amide bonds. The highest BCUT2D eigenvalue weighted by Gasteiger charge is 2.14. The molecule has 1 heterocycles. The lowest BCUT2D eigenvalue weighted by atomic mass is 10.2. The topological polar surface area (TPSA) is 48.3 Å². The standard InChI is InChI=1S/C22H24Cl3N3O2.ClH/c1-2-29-21-11-16(13-26-6-3-8-28-9-7-27-15-28)10-20(25)22(21)30-14-17-4-5-18(23)12-19(17)24;/h4-5,7,9-12,15,26H,2-3,6,8,13-14H2,1H3;1H. The summed E-state index contributed by atoms with van der Waals surface area (Å²) in [7, 11) is 0. The molecule has 0 saturated heterocycles. The first kappa shape index (κ1) is 25.6. The maximum atomic E-state index is 6.51. The largest absolute Gasteiger partial charge is 0.490 e. The Morgan fingerprint density at radius 2 is 1.90 bits per heavy atom. The van der Waals surface area contributed by atoms with Crippen LogP contribution in [0.4, 0.5) is 0 Å². The van der Waals surface area contributed by atoms with Gasteiger partial charge in [0.1, 0.15) is 6.61 Å². The van der Waals surface area contributed by atoms with E-state index < -0.39 is 0 Å². The molecule has 0 atom stereocenters. The van der Waals surface area contributed by atoms with Crippen molar-refractivity contribution < 1.29 is 9.47 Å². The van der Waals surface area contributed by atoms with Gasteiger partial charge in [0, 0.05) is 41.1 Å². The van der Waals surface area contributed by atoms with E-state index in [1.54, 1.807) is 18.3 Å². The van der Waals surface area contributed by atoms with Crippen LogP contribution < -0.4 is 14.8 Å². The van der Waals surface area contributed by atoms with Gasteiger partial charge in [-0.05, 0) is 49.7 Å². The normalized spacial score (nSPS) is 10.6. The highest BCUT2D eigenvalue weighted by atomic mass is 35.5. The molecule has 1 N–H and O–H groups in total. The van der Waals surface area contributed by atoms with Crippen molar-refractivity contribution in [2.24, 2.45) is 0 Å². The van der Waals surface area contributed by atoms with Crippen LogP contribution in [0.25, 0.3) is 0 Å². The number of hydrogen-bond acceptors (Lipinski definition) is 4. The van der Waals surface area contributed by atoms with Crippen molar-refractivity contribution in [3.63, 3.8) is 0 Å². The van der Waals surface area contributed by atoms with E-state index in [1.165, 1.54) is 0 Å². The summed E-state index contributed by atoms with van der Waals surface area (Å²) in [4.78, 5) is 4.05. The molecule has 3 aromatic rings. The molecule has 5 nitrogen and oxygen atoms in total. The fourth-order valence-corrected chi connectivity index (χ4v) is 3.70. The maximum absolute atomic E-state index is 6.51.